The second-order valence-corrected chi connectivity index (χ2v) is 11.6. The molecule has 0 bridgehead atoms. The second-order valence-electron chi connectivity index (χ2n) is 8.99. The van der Waals surface area contributed by atoms with Crippen LogP contribution >= 0.6 is 0 Å². The van der Waals surface area contributed by atoms with Crippen molar-refractivity contribution in [1.82, 2.24) is 14.5 Å². The SMILES string of the molecule is CCc1nc2cnc(NC3=NC(OCC(C)(C)S(C)(=O)=O)=NCC3C)cc2n1[C@@H](C)C(F)(F)F. The summed E-state index contributed by atoms with van der Waals surface area (Å²) in [6, 6.07) is -0.209. The first-order valence-corrected chi connectivity index (χ1v) is 12.7. The Kier molecular flexibility index (Phi) is 6.98. The van der Waals surface area contributed by atoms with Crippen molar-refractivity contribution >= 4 is 38.5 Å². The van der Waals surface area contributed by atoms with Gasteiger partial charge in [-0.2, -0.15) is 18.2 Å². The van der Waals surface area contributed by atoms with E-state index in [-0.39, 0.29) is 18.5 Å². The molecule has 9 nitrogen and oxygen atoms in total. The fourth-order valence-electron chi connectivity index (χ4n) is 3.20. The number of rotatable bonds is 6. The lowest BCUT2D eigenvalue weighted by Gasteiger charge is -2.24. The van der Waals surface area contributed by atoms with Gasteiger partial charge in [0.1, 0.15) is 40.4 Å². The molecule has 1 N–H and O–H groups in total. The summed E-state index contributed by atoms with van der Waals surface area (Å²) in [5, 5.41) is 3.05. The third-order valence-corrected chi connectivity index (χ3v) is 7.94. The van der Waals surface area contributed by atoms with Gasteiger partial charge in [-0.05, 0) is 20.8 Å². The van der Waals surface area contributed by atoms with Crippen LogP contribution in [0, 0.1) is 5.92 Å². The number of fused-ring (bicyclic) bond motifs is 1. The van der Waals surface area contributed by atoms with Crippen molar-refractivity contribution in [1.29, 1.82) is 0 Å². The smallest absolute Gasteiger partial charge is 0.408 e. The van der Waals surface area contributed by atoms with Crippen LogP contribution in [-0.4, -0.2) is 65.1 Å². The first-order chi connectivity index (χ1) is 15.6. The number of imidazole rings is 1. The summed E-state index contributed by atoms with van der Waals surface area (Å²) < 4.78 is 69.9. The Hall–Kier alpha value is -2.70. The Morgan fingerprint density at radius 3 is 2.59 bits per heavy atom. The van der Waals surface area contributed by atoms with Gasteiger partial charge < -0.3 is 14.6 Å². The van der Waals surface area contributed by atoms with Gasteiger partial charge >= 0.3 is 12.2 Å². The summed E-state index contributed by atoms with van der Waals surface area (Å²) in [6.45, 7) is 8.02. The fraction of sp³-hybridized carbons (Fsp3) is 0.619. The van der Waals surface area contributed by atoms with Crippen molar-refractivity contribution in [3.63, 3.8) is 0 Å². The molecular weight excluding hydrogens is 473 g/mol. The van der Waals surface area contributed by atoms with Gasteiger partial charge in [0.05, 0.1) is 18.3 Å². The lowest BCUT2D eigenvalue weighted by molar-refractivity contribution is -0.162. The Bertz CT molecular complexity index is 1230. The van der Waals surface area contributed by atoms with Gasteiger partial charge in [0.15, 0.2) is 9.84 Å². The minimum Gasteiger partial charge on any atom is -0.462 e. The molecule has 1 aliphatic rings. The molecule has 0 saturated heterocycles. The van der Waals surface area contributed by atoms with E-state index in [4.69, 9.17) is 4.74 Å². The number of pyridine rings is 1. The van der Waals surface area contributed by atoms with E-state index in [9.17, 15) is 21.6 Å². The number of ether oxygens (including phenoxy) is 1. The van der Waals surface area contributed by atoms with Crippen LogP contribution in [0.15, 0.2) is 22.2 Å². The number of anilines is 1. The molecule has 3 rings (SSSR count). The van der Waals surface area contributed by atoms with Gasteiger partial charge in [0.25, 0.3) is 0 Å². The highest BCUT2D eigenvalue weighted by atomic mass is 32.2. The summed E-state index contributed by atoms with van der Waals surface area (Å²) in [4.78, 5) is 17.1. The summed E-state index contributed by atoms with van der Waals surface area (Å²) in [5.74, 6) is 0.935. The van der Waals surface area contributed by atoms with Crippen molar-refractivity contribution in [2.75, 3.05) is 24.7 Å². The van der Waals surface area contributed by atoms with Crippen LogP contribution in [0.5, 0.6) is 0 Å². The van der Waals surface area contributed by atoms with E-state index in [1.807, 2.05) is 6.92 Å². The zero-order valence-electron chi connectivity index (χ0n) is 19.9. The average molecular weight is 503 g/mol. The molecule has 0 amide bonds. The molecule has 0 saturated carbocycles. The maximum atomic E-state index is 13.5. The van der Waals surface area contributed by atoms with Crippen molar-refractivity contribution < 1.29 is 26.3 Å². The monoisotopic (exact) mass is 502 g/mol. The molecule has 13 heteroatoms. The molecule has 2 aromatic rings. The fourth-order valence-corrected chi connectivity index (χ4v) is 3.47. The highest BCUT2D eigenvalue weighted by Crippen LogP contribution is 2.34. The molecular formula is C21H29F3N6O3S. The molecule has 0 aliphatic carbocycles. The number of amidine groups is 2. The molecule has 0 spiro atoms. The molecule has 0 aromatic carbocycles. The van der Waals surface area contributed by atoms with Crippen LogP contribution in [0.4, 0.5) is 19.0 Å². The van der Waals surface area contributed by atoms with Crippen LogP contribution in [0.1, 0.15) is 46.5 Å². The van der Waals surface area contributed by atoms with E-state index in [0.717, 1.165) is 13.2 Å². The van der Waals surface area contributed by atoms with Crippen molar-refractivity contribution in [2.24, 2.45) is 15.9 Å². The van der Waals surface area contributed by atoms with E-state index < -0.39 is 26.8 Å². The number of hydrogen-bond donors (Lipinski definition) is 1. The molecule has 188 valence electrons. The van der Waals surface area contributed by atoms with Gasteiger partial charge in [0.2, 0.25) is 0 Å². The van der Waals surface area contributed by atoms with Crippen LogP contribution in [0.2, 0.25) is 0 Å². The lowest BCUT2D eigenvalue weighted by Crippen LogP contribution is -2.38. The third-order valence-electron chi connectivity index (χ3n) is 5.82. The number of hydrogen-bond acceptors (Lipinski definition) is 8. The predicted octanol–water partition coefficient (Wildman–Crippen LogP) is 3.77. The normalized spacial score (nSPS) is 18.4. The first-order valence-electron chi connectivity index (χ1n) is 10.8. The summed E-state index contributed by atoms with van der Waals surface area (Å²) in [7, 11) is -3.36. The van der Waals surface area contributed by atoms with Crippen molar-refractivity contribution in [2.45, 2.75) is 58.0 Å². The molecule has 2 aromatic heterocycles. The maximum Gasteiger partial charge on any atom is 0.408 e. The topological polar surface area (TPSA) is 111 Å². The molecule has 1 unspecified atom stereocenters. The third kappa shape index (κ3) is 5.34. The second kappa shape index (κ2) is 9.16. The highest BCUT2D eigenvalue weighted by Gasteiger charge is 2.39. The zero-order valence-corrected chi connectivity index (χ0v) is 20.8. The van der Waals surface area contributed by atoms with E-state index in [1.54, 1.807) is 20.8 Å². The Labute approximate surface area is 196 Å². The average Bonchev–Trinajstić information content (AvgIpc) is 3.10. The van der Waals surface area contributed by atoms with E-state index in [0.29, 0.717) is 41.5 Å². The quantitative estimate of drug-likeness (QED) is 0.644. The van der Waals surface area contributed by atoms with Gasteiger partial charge in [-0.15, -0.1) is 0 Å². The standard InChI is InChI=1S/C21H29F3N6O3S/c1-7-17-27-14-10-25-16(8-15(14)30(17)13(3)21(22,23)24)28-18-12(2)9-26-19(29-18)33-11-20(4,5)34(6,31)32/h8,10,12-13H,7,9,11H2,1-6H3,(H,25,26,28,29)/t12?,13-/m0/s1. The van der Waals surface area contributed by atoms with Crippen LogP contribution in [0.25, 0.3) is 11.0 Å². The number of nitrogens with zero attached hydrogens (tertiary/aromatic N) is 5. The maximum absolute atomic E-state index is 13.5. The molecule has 2 atom stereocenters. The number of aryl methyl sites for hydroxylation is 1. The Morgan fingerprint density at radius 1 is 1.32 bits per heavy atom. The summed E-state index contributed by atoms with van der Waals surface area (Å²) >= 11 is 0. The molecule has 0 radical (unpaired) electrons. The number of aromatic nitrogens is 3. The number of aliphatic imine (C=N–C) groups is 2. The number of halogens is 3. The minimum atomic E-state index is -4.43. The first kappa shape index (κ1) is 25.9. The molecule has 3 heterocycles. The zero-order chi connectivity index (χ0) is 25.5. The molecule has 0 fully saturated rings. The number of sulfone groups is 1. The number of nitrogens with one attached hydrogen (secondary N) is 1. The van der Waals surface area contributed by atoms with Gasteiger partial charge in [-0.25, -0.2) is 23.4 Å². The molecule has 34 heavy (non-hydrogen) atoms. The largest absolute Gasteiger partial charge is 0.462 e. The predicted molar refractivity (Wildman–Crippen MR) is 125 cm³/mol. The highest BCUT2D eigenvalue weighted by molar-refractivity contribution is 7.92. The van der Waals surface area contributed by atoms with Gasteiger partial charge in [-0.3, -0.25) is 0 Å². The van der Waals surface area contributed by atoms with E-state index >= 15 is 0 Å². The summed E-state index contributed by atoms with van der Waals surface area (Å²) in [6.07, 6.45) is -1.54. The van der Waals surface area contributed by atoms with Crippen LogP contribution < -0.4 is 5.32 Å². The van der Waals surface area contributed by atoms with Crippen LogP contribution in [0.3, 0.4) is 0 Å². The Morgan fingerprint density at radius 2 is 2.00 bits per heavy atom. The Balaban J connectivity index is 1.88. The van der Waals surface area contributed by atoms with Gasteiger partial charge in [-0.1, -0.05) is 13.8 Å². The van der Waals surface area contributed by atoms with E-state index in [1.165, 1.54) is 16.8 Å². The van der Waals surface area contributed by atoms with Gasteiger partial charge in [0, 0.05) is 24.7 Å². The minimum absolute atomic E-state index is 0.0300. The summed E-state index contributed by atoms with van der Waals surface area (Å²) in [5.41, 5.74) is 0.675. The molecule has 1 aliphatic heterocycles. The number of alkyl halides is 3. The van der Waals surface area contributed by atoms with Crippen LogP contribution in [-0.2, 0) is 21.0 Å². The lowest BCUT2D eigenvalue weighted by atomic mass is 10.1. The van der Waals surface area contributed by atoms with E-state index in [2.05, 4.69) is 25.3 Å². The van der Waals surface area contributed by atoms with Crippen molar-refractivity contribution in [3.8, 4) is 0 Å². The van der Waals surface area contributed by atoms with Crippen molar-refractivity contribution in [3.05, 3.63) is 18.1 Å².